The molecule has 1 fully saturated rings. The lowest BCUT2D eigenvalue weighted by atomic mass is 9.93. The Labute approximate surface area is 150 Å². The summed E-state index contributed by atoms with van der Waals surface area (Å²) < 4.78 is 25.8. The summed E-state index contributed by atoms with van der Waals surface area (Å²) in [7, 11) is -3.36. The number of sulfonamides is 1. The second-order valence-corrected chi connectivity index (χ2v) is 9.61. The van der Waals surface area contributed by atoms with E-state index in [4.69, 9.17) is 0 Å². The molecule has 2 aliphatic rings. The van der Waals surface area contributed by atoms with Gasteiger partial charge in [0.25, 0.3) is 5.91 Å². The van der Waals surface area contributed by atoms with E-state index in [1.54, 1.807) is 18.2 Å². The third-order valence-corrected chi connectivity index (χ3v) is 6.49. The number of allylic oxidation sites excluding steroid dienone is 2. The highest BCUT2D eigenvalue weighted by Gasteiger charge is 2.35. The molecule has 25 heavy (non-hydrogen) atoms. The Balaban J connectivity index is 1.45. The summed E-state index contributed by atoms with van der Waals surface area (Å²) in [5.74, 6) is 1.75. The first-order chi connectivity index (χ1) is 11.9. The number of benzene rings is 1. The number of rotatable bonds is 5. The van der Waals surface area contributed by atoms with Gasteiger partial charge in [0, 0.05) is 12.1 Å². The van der Waals surface area contributed by atoms with Crippen molar-refractivity contribution in [1.29, 1.82) is 0 Å². The topological polar surface area (TPSA) is 88.2 Å². The lowest BCUT2D eigenvalue weighted by Crippen LogP contribution is -2.30. The fourth-order valence-electron chi connectivity index (χ4n) is 3.72. The predicted molar refractivity (Wildman–Crippen MR) is 99.3 cm³/mol. The maximum absolute atomic E-state index is 12.4. The molecule has 0 radical (unpaired) electrons. The van der Waals surface area contributed by atoms with Gasteiger partial charge in [-0.1, -0.05) is 23.5 Å². The van der Waals surface area contributed by atoms with Crippen molar-refractivity contribution in [2.75, 3.05) is 17.5 Å². The van der Waals surface area contributed by atoms with E-state index in [1.807, 2.05) is 0 Å². The Morgan fingerprint density at radius 2 is 2.16 bits per heavy atom. The molecule has 2 aromatic rings. The highest BCUT2D eigenvalue weighted by Crippen LogP contribution is 2.43. The van der Waals surface area contributed by atoms with Gasteiger partial charge in [0.15, 0.2) is 5.13 Å². The zero-order valence-electron chi connectivity index (χ0n) is 13.7. The van der Waals surface area contributed by atoms with Crippen LogP contribution < -0.4 is 10.0 Å². The molecular weight excluding hydrogens is 358 g/mol. The molecule has 3 atom stereocenters. The third-order valence-electron chi connectivity index (χ3n) is 4.86. The molecule has 2 bridgehead atoms. The predicted octanol–water partition coefficient (Wildman–Crippen LogP) is 2.61. The molecule has 8 heteroatoms. The molecule has 0 saturated heterocycles. The van der Waals surface area contributed by atoms with E-state index in [-0.39, 0.29) is 5.91 Å². The number of anilines is 1. The summed E-state index contributed by atoms with van der Waals surface area (Å²) in [6.07, 6.45) is 8.05. The average molecular weight is 377 g/mol. The fraction of sp³-hybridized carbons (Fsp3) is 0.412. The largest absolute Gasteiger partial charge is 0.352 e. The van der Waals surface area contributed by atoms with Gasteiger partial charge in [-0.3, -0.25) is 9.52 Å². The lowest BCUT2D eigenvalue weighted by molar-refractivity contribution is 0.0945. The van der Waals surface area contributed by atoms with E-state index >= 15 is 0 Å². The minimum absolute atomic E-state index is 0.0975. The monoisotopic (exact) mass is 377 g/mol. The van der Waals surface area contributed by atoms with Crippen LogP contribution in [0.3, 0.4) is 0 Å². The van der Waals surface area contributed by atoms with Gasteiger partial charge >= 0.3 is 0 Å². The minimum Gasteiger partial charge on any atom is -0.352 e. The van der Waals surface area contributed by atoms with Crippen LogP contribution in [0.15, 0.2) is 30.4 Å². The lowest BCUT2D eigenvalue weighted by Gasteiger charge is -2.18. The van der Waals surface area contributed by atoms with Crippen LogP contribution in [0.2, 0.25) is 0 Å². The van der Waals surface area contributed by atoms with Crippen molar-refractivity contribution in [3.8, 4) is 0 Å². The van der Waals surface area contributed by atoms with Crippen LogP contribution in [0.5, 0.6) is 0 Å². The van der Waals surface area contributed by atoms with E-state index in [0.29, 0.717) is 40.5 Å². The third kappa shape index (κ3) is 3.55. The van der Waals surface area contributed by atoms with Crippen molar-refractivity contribution in [1.82, 2.24) is 10.3 Å². The van der Waals surface area contributed by atoms with Gasteiger partial charge in [-0.2, -0.15) is 0 Å². The number of hydrogen-bond donors (Lipinski definition) is 2. The van der Waals surface area contributed by atoms with E-state index in [9.17, 15) is 13.2 Å². The number of nitrogens with one attached hydrogen (secondary N) is 2. The summed E-state index contributed by atoms with van der Waals surface area (Å²) in [5.41, 5.74) is 1.24. The Morgan fingerprint density at radius 1 is 1.32 bits per heavy atom. The first-order valence-electron chi connectivity index (χ1n) is 8.22. The van der Waals surface area contributed by atoms with E-state index < -0.39 is 10.0 Å². The van der Waals surface area contributed by atoms with Crippen molar-refractivity contribution >= 4 is 42.6 Å². The summed E-state index contributed by atoms with van der Waals surface area (Å²) in [5, 5.41) is 3.34. The number of aromatic nitrogens is 1. The second kappa shape index (κ2) is 6.10. The van der Waals surface area contributed by atoms with Crippen molar-refractivity contribution in [2.24, 2.45) is 17.8 Å². The summed E-state index contributed by atoms with van der Waals surface area (Å²) in [6, 6.07) is 5.23. The highest BCUT2D eigenvalue weighted by molar-refractivity contribution is 7.92. The van der Waals surface area contributed by atoms with Crippen LogP contribution >= 0.6 is 11.3 Å². The average Bonchev–Trinajstić information content (AvgIpc) is 3.24. The smallest absolute Gasteiger partial charge is 0.251 e. The Kier molecular flexibility index (Phi) is 4.04. The first-order valence-corrected chi connectivity index (χ1v) is 10.9. The molecular formula is C17H19N3O3S2. The molecule has 4 rings (SSSR count). The van der Waals surface area contributed by atoms with Gasteiger partial charge < -0.3 is 5.32 Å². The van der Waals surface area contributed by atoms with Crippen LogP contribution in [0, 0.1) is 17.8 Å². The van der Waals surface area contributed by atoms with Gasteiger partial charge in [-0.05, 0) is 48.8 Å². The Bertz CT molecular complexity index is 965. The number of hydrogen-bond acceptors (Lipinski definition) is 5. The van der Waals surface area contributed by atoms with Gasteiger partial charge in [0.2, 0.25) is 10.0 Å². The van der Waals surface area contributed by atoms with Crippen molar-refractivity contribution in [3.05, 3.63) is 35.9 Å². The molecule has 1 amide bonds. The molecule has 0 aliphatic heterocycles. The molecule has 1 aromatic heterocycles. The van der Waals surface area contributed by atoms with Crippen LogP contribution in [-0.2, 0) is 10.0 Å². The SMILES string of the molecule is CS(=O)(=O)Nc1nc2ccc(C(=O)NC[C@@H]3C[C@@H]4C=C[C@@H]3C4)cc2s1. The fourth-order valence-corrected chi connectivity index (χ4v) is 5.46. The summed E-state index contributed by atoms with van der Waals surface area (Å²) in [4.78, 5) is 16.7. The molecule has 132 valence electrons. The van der Waals surface area contributed by atoms with Gasteiger partial charge in [0.05, 0.1) is 16.5 Å². The number of carbonyl (C=O) groups excluding carboxylic acids is 1. The number of nitrogens with zero attached hydrogens (tertiary/aromatic N) is 1. The van der Waals surface area contributed by atoms with Crippen molar-refractivity contribution < 1.29 is 13.2 Å². The number of thiazole rings is 1. The maximum Gasteiger partial charge on any atom is 0.251 e. The number of amides is 1. The molecule has 1 aromatic carbocycles. The normalized spacial score (nSPS) is 24.8. The van der Waals surface area contributed by atoms with E-state index in [2.05, 4.69) is 27.2 Å². The summed E-state index contributed by atoms with van der Waals surface area (Å²) >= 11 is 1.22. The van der Waals surface area contributed by atoms with Gasteiger partial charge in [-0.15, -0.1) is 0 Å². The Morgan fingerprint density at radius 3 is 2.84 bits per heavy atom. The van der Waals surface area contributed by atoms with Crippen LogP contribution in [0.4, 0.5) is 5.13 Å². The second-order valence-electron chi connectivity index (χ2n) is 6.83. The van der Waals surface area contributed by atoms with Gasteiger partial charge in [0.1, 0.15) is 0 Å². The standard InChI is InChI=1S/C17H19N3O3S2/c1-25(22,23)20-17-19-14-5-4-12(8-15(14)24-17)16(21)18-9-13-7-10-2-3-11(13)6-10/h2-5,8,10-11,13H,6-7,9H2,1H3,(H,18,21)(H,19,20)/t10-,11-,13+/m1/s1. The summed E-state index contributed by atoms with van der Waals surface area (Å²) in [6.45, 7) is 0.700. The molecule has 2 N–H and O–H groups in total. The van der Waals surface area contributed by atoms with Crippen molar-refractivity contribution in [2.45, 2.75) is 12.8 Å². The molecule has 6 nitrogen and oxygen atoms in total. The zero-order chi connectivity index (χ0) is 17.6. The Hall–Kier alpha value is -1.93. The molecule has 1 saturated carbocycles. The van der Waals surface area contributed by atoms with Gasteiger partial charge in [-0.25, -0.2) is 13.4 Å². The highest BCUT2D eigenvalue weighted by atomic mass is 32.2. The maximum atomic E-state index is 12.4. The molecule has 2 aliphatic carbocycles. The minimum atomic E-state index is -3.36. The van der Waals surface area contributed by atoms with Crippen LogP contribution in [0.25, 0.3) is 10.2 Å². The van der Waals surface area contributed by atoms with E-state index in [0.717, 1.165) is 17.4 Å². The number of fused-ring (bicyclic) bond motifs is 3. The quantitative estimate of drug-likeness (QED) is 0.784. The molecule has 1 heterocycles. The first kappa shape index (κ1) is 16.5. The van der Waals surface area contributed by atoms with Crippen LogP contribution in [0.1, 0.15) is 23.2 Å². The molecule has 0 spiro atoms. The number of carbonyl (C=O) groups is 1. The van der Waals surface area contributed by atoms with Crippen LogP contribution in [-0.4, -0.2) is 32.1 Å². The van der Waals surface area contributed by atoms with Crippen molar-refractivity contribution in [3.63, 3.8) is 0 Å². The molecule has 0 unspecified atom stereocenters. The zero-order valence-corrected chi connectivity index (χ0v) is 15.4. The van der Waals surface area contributed by atoms with E-state index in [1.165, 1.54) is 17.8 Å².